The third-order valence-electron chi connectivity index (χ3n) is 1.97. The number of carbonyl (C=O) groups is 1. The minimum atomic E-state index is -0.619. The van der Waals surface area contributed by atoms with Crippen LogP contribution in [0.5, 0.6) is 0 Å². The summed E-state index contributed by atoms with van der Waals surface area (Å²) < 4.78 is 18.0. The number of halogens is 1. The molecule has 88 valence electrons. The molecule has 0 radical (unpaired) electrons. The maximum absolute atomic E-state index is 13.0. The zero-order valence-electron chi connectivity index (χ0n) is 8.72. The van der Waals surface area contributed by atoms with Crippen LogP contribution < -0.4 is 5.73 Å². The molecule has 17 heavy (non-hydrogen) atoms. The Labute approximate surface area is 101 Å². The van der Waals surface area contributed by atoms with Crippen molar-refractivity contribution in [3.63, 3.8) is 0 Å². The standard InChI is InChI=1S/C11H9FN2O2S/c12-8-3-7(4-9(13)5-8)11(15)16-6-10-14-1-2-17-10/h1-5H,6,13H2. The van der Waals surface area contributed by atoms with E-state index in [-0.39, 0.29) is 17.9 Å². The largest absolute Gasteiger partial charge is 0.455 e. The van der Waals surface area contributed by atoms with Gasteiger partial charge in [0.1, 0.15) is 17.4 Å². The van der Waals surface area contributed by atoms with Gasteiger partial charge in [0.05, 0.1) is 5.56 Å². The molecule has 0 aliphatic carbocycles. The first-order chi connectivity index (χ1) is 8.15. The van der Waals surface area contributed by atoms with Gasteiger partial charge in [-0.05, 0) is 18.2 Å². The van der Waals surface area contributed by atoms with E-state index in [4.69, 9.17) is 10.5 Å². The SMILES string of the molecule is Nc1cc(F)cc(C(=O)OCc2nccs2)c1. The Morgan fingerprint density at radius 2 is 2.29 bits per heavy atom. The van der Waals surface area contributed by atoms with Crippen molar-refractivity contribution in [2.45, 2.75) is 6.61 Å². The van der Waals surface area contributed by atoms with E-state index in [2.05, 4.69) is 4.98 Å². The average Bonchev–Trinajstić information content (AvgIpc) is 2.77. The molecule has 1 heterocycles. The Morgan fingerprint density at radius 3 is 2.94 bits per heavy atom. The first-order valence-corrected chi connectivity index (χ1v) is 5.64. The average molecular weight is 252 g/mol. The van der Waals surface area contributed by atoms with Gasteiger partial charge in [-0.15, -0.1) is 11.3 Å². The summed E-state index contributed by atoms with van der Waals surface area (Å²) in [7, 11) is 0. The van der Waals surface area contributed by atoms with Gasteiger partial charge >= 0.3 is 5.97 Å². The number of ether oxygens (including phenoxy) is 1. The van der Waals surface area contributed by atoms with Crippen molar-refractivity contribution in [3.05, 3.63) is 46.2 Å². The number of nitrogens with two attached hydrogens (primary N) is 1. The van der Waals surface area contributed by atoms with E-state index in [9.17, 15) is 9.18 Å². The lowest BCUT2D eigenvalue weighted by atomic mass is 10.2. The number of nitrogens with zero attached hydrogens (tertiary/aromatic N) is 1. The highest BCUT2D eigenvalue weighted by atomic mass is 32.1. The minimum absolute atomic E-state index is 0.0763. The molecular formula is C11H9FN2O2S. The molecule has 0 saturated carbocycles. The second kappa shape index (κ2) is 4.92. The Balaban J connectivity index is 2.04. The predicted molar refractivity (Wildman–Crippen MR) is 62.0 cm³/mol. The number of thiazole rings is 1. The van der Waals surface area contributed by atoms with Crippen LogP contribution in [0.1, 0.15) is 15.4 Å². The van der Waals surface area contributed by atoms with Crippen molar-refractivity contribution in [2.24, 2.45) is 0 Å². The summed E-state index contributed by atoms with van der Waals surface area (Å²) in [6.45, 7) is 0.0763. The lowest BCUT2D eigenvalue weighted by Crippen LogP contribution is -2.06. The van der Waals surface area contributed by atoms with Gasteiger partial charge in [-0.1, -0.05) is 0 Å². The fourth-order valence-electron chi connectivity index (χ4n) is 1.27. The van der Waals surface area contributed by atoms with Crippen LogP contribution in [0.3, 0.4) is 0 Å². The lowest BCUT2D eigenvalue weighted by Gasteiger charge is -2.03. The zero-order valence-corrected chi connectivity index (χ0v) is 9.54. The van der Waals surface area contributed by atoms with E-state index in [1.165, 1.54) is 17.4 Å². The van der Waals surface area contributed by atoms with Gasteiger partial charge in [0.15, 0.2) is 0 Å². The molecule has 0 bridgehead atoms. The molecule has 1 aromatic carbocycles. The van der Waals surface area contributed by atoms with Crippen molar-refractivity contribution in [2.75, 3.05) is 5.73 Å². The number of carbonyl (C=O) groups excluding carboxylic acids is 1. The first-order valence-electron chi connectivity index (χ1n) is 4.77. The zero-order chi connectivity index (χ0) is 12.3. The molecule has 1 aromatic heterocycles. The number of hydrogen-bond acceptors (Lipinski definition) is 5. The summed E-state index contributed by atoms with van der Waals surface area (Å²) >= 11 is 1.38. The summed E-state index contributed by atoms with van der Waals surface area (Å²) in [5.41, 5.74) is 5.71. The highest BCUT2D eigenvalue weighted by Crippen LogP contribution is 2.13. The van der Waals surface area contributed by atoms with Gasteiger partial charge in [0.2, 0.25) is 0 Å². The van der Waals surface area contributed by atoms with E-state index in [0.29, 0.717) is 5.01 Å². The molecule has 0 aliphatic rings. The number of benzene rings is 1. The number of aromatic nitrogens is 1. The van der Waals surface area contributed by atoms with Crippen LogP contribution >= 0.6 is 11.3 Å². The van der Waals surface area contributed by atoms with Gasteiger partial charge in [-0.25, -0.2) is 14.2 Å². The van der Waals surface area contributed by atoms with Crippen molar-refractivity contribution in [1.29, 1.82) is 0 Å². The Kier molecular flexibility index (Phi) is 3.34. The van der Waals surface area contributed by atoms with Crippen LogP contribution in [-0.4, -0.2) is 11.0 Å². The third-order valence-corrected chi connectivity index (χ3v) is 2.72. The van der Waals surface area contributed by atoms with Crippen LogP contribution in [0, 0.1) is 5.82 Å². The smallest absolute Gasteiger partial charge is 0.338 e. The van der Waals surface area contributed by atoms with Gasteiger partial charge in [-0.3, -0.25) is 0 Å². The molecule has 0 aliphatic heterocycles. The van der Waals surface area contributed by atoms with Crippen LogP contribution in [0.25, 0.3) is 0 Å². The molecule has 0 unspecified atom stereocenters. The summed E-state index contributed by atoms with van der Waals surface area (Å²) in [5, 5.41) is 2.46. The highest BCUT2D eigenvalue weighted by molar-refractivity contribution is 7.09. The van der Waals surface area contributed by atoms with Gasteiger partial charge in [0, 0.05) is 17.3 Å². The van der Waals surface area contributed by atoms with E-state index in [1.54, 1.807) is 11.6 Å². The second-order valence-electron chi connectivity index (χ2n) is 3.28. The highest BCUT2D eigenvalue weighted by Gasteiger charge is 2.10. The van der Waals surface area contributed by atoms with E-state index < -0.39 is 11.8 Å². The molecule has 0 atom stereocenters. The number of hydrogen-bond donors (Lipinski definition) is 1. The summed E-state index contributed by atoms with van der Waals surface area (Å²) in [6, 6.07) is 3.59. The van der Waals surface area contributed by atoms with Crippen molar-refractivity contribution < 1.29 is 13.9 Å². The molecule has 2 aromatic rings. The summed E-state index contributed by atoms with van der Waals surface area (Å²) in [5.74, 6) is -1.18. The molecule has 0 amide bonds. The molecule has 4 nitrogen and oxygen atoms in total. The fourth-order valence-corrected chi connectivity index (χ4v) is 1.79. The topological polar surface area (TPSA) is 65.2 Å². The predicted octanol–water partition coefficient (Wildman–Crippen LogP) is 2.22. The molecule has 2 N–H and O–H groups in total. The quantitative estimate of drug-likeness (QED) is 0.672. The monoisotopic (exact) mass is 252 g/mol. The molecule has 0 fully saturated rings. The summed E-state index contributed by atoms with van der Waals surface area (Å²) in [6.07, 6.45) is 1.62. The fraction of sp³-hybridized carbons (Fsp3) is 0.0909. The van der Waals surface area contributed by atoms with Crippen molar-refractivity contribution in [1.82, 2.24) is 4.98 Å². The Hall–Kier alpha value is -1.95. The van der Waals surface area contributed by atoms with Crippen LogP contribution in [0.15, 0.2) is 29.8 Å². The van der Waals surface area contributed by atoms with Gasteiger partial charge in [0.25, 0.3) is 0 Å². The van der Waals surface area contributed by atoms with Crippen LogP contribution in [0.2, 0.25) is 0 Å². The number of anilines is 1. The normalized spacial score (nSPS) is 10.2. The van der Waals surface area contributed by atoms with Gasteiger partial charge < -0.3 is 10.5 Å². The number of nitrogen functional groups attached to an aromatic ring is 1. The van der Waals surface area contributed by atoms with Gasteiger partial charge in [-0.2, -0.15) is 0 Å². The van der Waals surface area contributed by atoms with E-state index in [1.807, 2.05) is 0 Å². The Morgan fingerprint density at radius 1 is 1.47 bits per heavy atom. The maximum atomic E-state index is 13.0. The number of esters is 1. The molecule has 2 rings (SSSR count). The van der Waals surface area contributed by atoms with E-state index in [0.717, 1.165) is 12.1 Å². The first kappa shape index (κ1) is 11.5. The van der Waals surface area contributed by atoms with E-state index >= 15 is 0 Å². The molecule has 0 spiro atoms. The molecule has 6 heteroatoms. The minimum Gasteiger partial charge on any atom is -0.455 e. The molecular weight excluding hydrogens is 243 g/mol. The van der Waals surface area contributed by atoms with Crippen LogP contribution in [0.4, 0.5) is 10.1 Å². The lowest BCUT2D eigenvalue weighted by molar-refractivity contribution is 0.0472. The maximum Gasteiger partial charge on any atom is 0.338 e. The van der Waals surface area contributed by atoms with Crippen molar-refractivity contribution >= 4 is 23.0 Å². The third kappa shape index (κ3) is 3.01. The Bertz CT molecular complexity index is 508. The van der Waals surface area contributed by atoms with Crippen LogP contribution in [-0.2, 0) is 11.3 Å². The van der Waals surface area contributed by atoms with Crippen molar-refractivity contribution in [3.8, 4) is 0 Å². The molecule has 0 saturated heterocycles. The number of rotatable bonds is 3. The summed E-state index contributed by atoms with van der Waals surface area (Å²) in [4.78, 5) is 15.5. The second-order valence-corrected chi connectivity index (χ2v) is 4.25.